The minimum Gasteiger partial charge on any atom is -0.480 e. The van der Waals surface area contributed by atoms with Crippen LogP contribution in [-0.4, -0.2) is 40.8 Å². The van der Waals surface area contributed by atoms with E-state index in [2.05, 4.69) is 15.6 Å². The lowest BCUT2D eigenvalue weighted by Crippen LogP contribution is -2.59. The normalized spacial score (nSPS) is 17.2. The SMILES string of the molecule is O=C(NCc1cccnc1)NC1(C(=O)O)CCOCC1. The Kier molecular flexibility index (Phi) is 4.52. The van der Waals surface area contributed by atoms with Crippen LogP contribution in [0.4, 0.5) is 4.79 Å². The molecule has 0 aliphatic carbocycles. The summed E-state index contributed by atoms with van der Waals surface area (Å²) in [6.45, 7) is 0.955. The van der Waals surface area contributed by atoms with Gasteiger partial charge in [0, 0.05) is 45.0 Å². The fourth-order valence-electron chi connectivity index (χ4n) is 2.06. The van der Waals surface area contributed by atoms with Gasteiger partial charge < -0.3 is 20.5 Å². The van der Waals surface area contributed by atoms with Crippen LogP contribution < -0.4 is 10.6 Å². The zero-order chi connectivity index (χ0) is 14.4. The molecule has 0 unspecified atom stereocenters. The van der Waals surface area contributed by atoms with Gasteiger partial charge in [-0.05, 0) is 11.6 Å². The molecule has 1 aliphatic rings. The lowest BCUT2D eigenvalue weighted by molar-refractivity contribution is -0.148. The van der Waals surface area contributed by atoms with Gasteiger partial charge in [0.15, 0.2) is 0 Å². The Morgan fingerprint density at radius 1 is 1.40 bits per heavy atom. The summed E-state index contributed by atoms with van der Waals surface area (Å²) in [5, 5.41) is 14.5. The van der Waals surface area contributed by atoms with Gasteiger partial charge in [-0.25, -0.2) is 9.59 Å². The fourth-order valence-corrected chi connectivity index (χ4v) is 2.06. The van der Waals surface area contributed by atoms with Gasteiger partial charge in [0.1, 0.15) is 5.54 Å². The van der Waals surface area contributed by atoms with Crippen molar-refractivity contribution in [2.24, 2.45) is 0 Å². The van der Waals surface area contributed by atoms with Crippen LogP contribution in [0.25, 0.3) is 0 Å². The highest BCUT2D eigenvalue weighted by Crippen LogP contribution is 2.20. The van der Waals surface area contributed by atoms with Crippen molar-refractivity contribution in [2.45, 2.75) is 24.9 Å². The van der Waals surface area contributed by atoms with Crippen LogP contribution in [0.5, 0.6) is 0 Å². The number of hydrogen-bond acceptors (Lipinski definition) is 4. The van der Waals surface area contributed by atoms with E-state index in [9.17, 15) is 14.7 Å². The monoisotopic (exact) mass is 279 g/mol. The maximum atomic E-state index is 11.8. The molecule has 20 heavy (non-hydrogen) atoms. The molecule has 2 rings (SSSR count). The standard InChI is InChI=1S/C13H17N3O4/c17-11(18)13(3-6-20-7-4-13)16-12(19)15-9-10-2-1-5-14-8-10/h1-2,5,8H,3-4,6-7,9H2,(H,17,18)(H2,15,16,19). The van der Waals surface area contributed by atoms with E-state index >= 15 is 0 Å². The van der Waals surface area contributed by atoms with E-state index in [4.69, 9.17) is 4.74 Å². The minimum absolute atomic E-state index is 0.267. The number of ether oxygens (including phenoxy) is 1. The number of urea groups is 1. The first-order chi connectivity index (χ1) is 9.62. The Labute approximate surface area is 116 Å². The number of hydrogen-bond donors (Lipinski definition) is 3. The summed E-state index contributed by atoms with van der Waals surface area (Å²) >= 11 is 0. The molecule has 3 N–H and O–H groups in total. The number of carbonyl (C=O) groups excluding carboxylic acids is 1. The van der Waals surface area contributed by atoms with E-state index in [-0.39, 0.29) is 12.8 Å². The lowest BCUT2D eigenvalue weighted by Gasteiger charge is -2.33. The molecule has 7 heteroatoms. The van der Waals surface area contributed by atoms with Crippen molar-refractivity contribution in [1.29, 1.82) is 0 Å². The Hall–Kier alpha value is -2.15. The molecule has 1 aromatic heterocycles. The predicted molar refractivity (Wildman–Crippen MR) is 70.0 cm³/mol. The summed E-state index contributed by atoms with van der Waals surface area (Å²) in [4.78, 5) is 27.2. The summed E-state index contributed by atoms with van der Waals surface area (Å²) < 4.78 is 5.14. The number of aromatic nitrogens is 1. The number of carbonyl (C=O) groups is 2. The number of pyridine rings is 1. The van der Waals surface area contributed by atoms with Gasteiger partial charge >= 0.3 is 12.0 Å². The molecule has 2 amide bonds. The Bertz CT molecular complexity index is 472. The molecular weight excluding hydrogens is 262 g/mol. The molecule has 1 aliphatic heterocycles. The van der Waals surface area contributed by atoms with Crippen molar-refractivity contribution >= 4 is 12.0 Å². The molecule has 0 spiro atoms. The fraction of sp³-hybridized carbons (Fsp3) is 0.462. The summed E-state index contributed by atoms with van der Waals surface area (Å²) in [6, 6.07) is 3.10. The van der Waals surface area contributed by atoms with Crippen molar-refractivity contribution in [2.75, 3.05) is 13.2 Å². The third kappa shape index (κ3) is 3.45. The van der Waals surface area contributed by atoms with E-state index in [1.54, 1.807) is 18.5 Å². The third-order valence-corrected chi connectivity index (χ3v) is 3.28. The number of amides is 2. The van der Waals surface area contributed by atoms with E-state index < -0.39 is 17.5 Å². The Morgan fingerprint density at radius 2 is 2.15 bits per heavy atom. The quantitative estimate of drug-likeness (QED) is 0.745. The summed E-state index contributed by atoms with van der Waals surface area (Å²) in [5.74, 6) is -1.03. The molecule has 2 heterocycles. The highest BCUT2D eigenvalue weighted by molar-refractivity contribution is 5.86. The smallest absolute Gasteiger partial charge is 0.329 e. The zero-order valence-corrected chi connectivity index (χ0v) is 11.0. The maximum Gasteiger partial charge on any atom is 0.329 e. The van der Waals surface area contributed by atoms with Gasteiger partial charge in [0.2, 0.25) is 0 Å². The van der Waals surface area contributed by atoms with Crippen molar-refractivity contribution < 1.29 is 19.4 Å². The molecule has 7 nitrogen and oxygen atoms in total. The largest absolute Gasteiger partial charge is 0.480 e. The van der Waals surface area contributed by atoms with E-state index in [0.29, 0.717) is 19.8 Å². The summed E-state index contributed by atoms with van der Waals surface area (Å²) in [6.07, 6.45) is 3.82. The minimum atomic E-state index is -1.24. The van der Waals surface area contributed by atoms with Crippen molar-refractivity contribution in [3.8, 4) is 0 Å². The Morgan fingerprint density at radius 3 is 2.75 bits per heavy atom. The zero-order valence-electron chi connectivity index (χ0n) is 11.0. The summed E-state index contributed by atoms with van der Waals surface area (Å²) in [7, 11) is 0. The number of nitrogens with one attached hydrogen (secondary N) is 2. The van der Waals surface area contributed by atoms with E-state index in [0.717, 1.165) is 5.56 Å². The van der Waals surface area contributed by atoms with Gasteiger partial charge in [-0.2, -0.15) is 0 Å². The van der Waals surface area contributed by atoms with E-state index in [1.165, 1.54) is 0 Å². The number of carboxylic acids is 1. The molecule has 108 valence electrons. The maximum absolute atomic E-state index is 11.8. The van der Waals surface area contributed by atoms with Crippen LogP contribution >= 0.6 is 0 Å². The van der Waals surface area contributed by atoms with Gasteiger partial charge in [0.05, 0.1) is 0 Å². The molecule has 0 atom stereocenters. The average Bonchev–Trinajstić information content (AvgIpc) is 2.47. The van der Waals surface area contributed by atoms with Gasteiger partial charge in [-0.3, -0.25) is 4.98 Å². The van der Waals surface area contributed by atoms with Crippen LogP contribution in [0.15, 0.2) is 24.5 Å². The van der Waals surface area contributed by atoms with Crippen LogP contribution in [0.2, 0.25) is 0 Å². The first kappa shape index (κ1) is 14.3. The molecule has 0 saturated carbocycles. The van der Waals surface area contributed by atoms with Crippen molar-refractivity contribution in [3.05, 3.63) is 30.1 Å². The predicted octanol–water partition coefficient (Wildman–Crippen LogP) is 0.515. The van der Waals surface area contributed by atoms with Crippen LogP contribution in [0, 0.1) is 0 Å². The second kappa shape index (κ2) is 6.33. The number of carboxylic acid groups (broad SMARTS) is 1. The molecule has 1 fully saturated rings. The third-order valence-electron chi connectivity index (χ3n) is 3.28. The van der Waals surface area contributed by atoms with Crippen molar-refractivity contribution in [3.63, 3.8) is 0 Å². The summed E-state index contributed by atoms with van der Waals surface area (Å²) in [5.41, 5.74) is -0.393. The van der Waals surface area contributed by atoms with Crippen molar-refractivity contribution in [1.82, 2.24) is 15.6 Å². The van der Waals surface area contributed by atoms with Gasteiger partial charge in [-0.1, -0.05) is 6.07 Å². The number of aliphatic carboxylic acids is 1. The lowest BCUT2D eigenvalue weighted by atomic mass is 9.90. The van der Waals surface area contributed by atoms with Crippen LogP contribution in [-0.2, 0) is 16.1 Å². The van der Waals surface area contributed by atoms with Gasteiger partial charge in [0.25, 0.3) is 0 Å². The molecule has 0 aromatic carbocycles. The second-order valence-electron chi connectivity index (χ2n) is 4.67. The molecule has 1 aromatic rings. The topological polar surface area (TPSA) is 101 Å². The highest BCUT2D eigenvalue weighted by Gasteiger charge is 2.41. The van der Waals surface area contributed by atoms with E-state index in [1.807, 2.05) is 6.07 Å². The Balaban J connectivity index is 1.90. The molecule has 0 bridgehead atoms. The van der Waals surface area contributed by atoms with Crippen LogP contribution in [0.1, 0.15) is 18.4 Å². The highest BCUT2D eigenvalue weighted by atomic mass is 16.5. The first-order valence-electron chi connectivity index (χ1n) is 6.38. The second-order valence-corrected chi connectivity index (χ2v) is 4.67. The number of rotatable bonds is 4. The number of nitrogens with zero attached hydrogens (tertiary/aromatic N) is 1. The molecule has 1 saturated heterocycles. The van der Waals surface area contributed by atoms with Gasteiger partial charge in [-0.15, -0.1) is 0 Å². The molecule has 0 radical (unpaired) electrons. The van der Waals surface area contributed by atoms with Crippen LogP contribution in [0.3, 0.4) is 0 Å². The average molecular weight is 279 g/mol. The first-order valence-corrected chi connectivity index (χ1v) is 6.38. The molecular formula is C13H17N3O4.